The molecule has 0 aliphatic heterocycles. The fourth-order valence-electron chi connectivity index (χ4n) is 5.84. The SMILES string of the molecule is COC(=O)C(C1CCCCC1)n1c(=O)c2ccccc2n(Cc2cn(C)c3cccc(C)c23)c1=O. The third-order valence-electron chi connectivity index (χ3n) is 7.53. The number of esters is 1. The van der Waals surface area contributed by atoms with Crippen molar-refractivity contribution in [1.29, 1.82) is 0 Å². The second-order valence-corrected chi connectivity index (χ2v) is 9.66. The Hall–Kier alpha value is -3.61. The van der Waals surface area contributed by atoms with Gasteiger partial charge < -0.3 is 9.30 Å². The van der Waals surface area contributed by atoms with Gasteiger partial charge in [-0.15, -0.1) is 0 Å². The molecule has 0 bridgehead atoms. The molecule has 5 rings (SSSR count). The van der Waals surface area contributed by atoms with Gasteiger partial charge in [0.2, 0.25) is 0 Å². The van der Waals surface area contributed by atoms with Crippen LogP contribution in [0, 0.1) is 12.8 Å². The maximum absolute atomic E-state index is 14.1. The van der Waals surface area contributed by atoms with Gasteiger partial charge in [-0.1, -0.05) is 43.5 Å². The van der Waals surface area contributed by atoms with E-state index in [9.17, 15) is 14.4 Å². The zero-order chi connectivity index (χ0) is 24.7. The Labute approximate surface area is 203 Å². The summed E-state index contributed by atoms with van der Waals surface area (Å²) >= 11 is 0. The lowest BCUT2D eigenvalue weighted by Gasteiger charge is -2.29. The van der Waals surface area contributed by atoms with E-state index < -0.39 is 23.3 Å². The number of methoxy groups -OCH3 is 1. The summed E-state index contributed by atoms with van der Waals surface area (Å²) in [6.07, 6.45) is 6.67. The molecule has 0 N–H and O–H groups in total. The van der Waals surface area contributed by atoms with Crippen LogP contribution in [0.1, 0.15) is 49.3 Å². The number of nitrogens with zero attached hydrogens (tertiary/aromatic N) is 3. The molecule has 0 saturated heterocycles. The van der Waals surface area contributed by atoms with E-state index in [1.165, 1.54) is 11.7 Å². The first-order valence-corrected chi connectivity index (χ1v) is 12.3. The lowest BCUT2D eigenvalue weighted by atomic mass is 9.83. The molecule has 0 spiro atoms. The number of carbonyl (C=O) groups is 1. The molecule has 4 aromatic rings. The molecule has 0 amide bonds. The quantitative estimate of drug-likeness (QED) is 0.405. The zero-order valence-electron chi connectivity index (χ0n) is 20.5. The highest BCUT2D eigenvalue weighted by Crippen LogP contribution is 2.33. The Morgan fingerprint density at radius 3 is 2.49 bits per heavy atom. The molecular weight excluding hydrogens is 442 g/mol. The summed E-state index contributed by atoms with van der Waals surface area (Å²) in [5.74, 6) is -0.630. The van der Waals surface area contributed by atoms with Gasteiger partial charge in [0.1, 0.15) is 6.04 Å². The van der Waals surface area contributed by atoms with Crippen molar-refractivity contribution in [3.8, 4) is 0 Å². The van der Waals surface area contributed by atoms with Crippen LogP contribution in [0.5, 0.6) is 0 Å². The number of para-hydroxylation sites is 1. The number of aryl methyl sites for hydroxylation is 2. The maximum atomic E-state index is 14.1. The smallest absolute Gasteiger partial charge is 0.332 e. The van der Waals surface area contributed by atoms with Crippen molar-refractivity contribution >= 4 is 27.8 Å². The molecule has 35 heavy (non-hydrogen) atoms. The van der Waals surface area contributed by atoms with Gasteiger partial charge in [-0.3, -0.25) is 9.36 Å². The third-order valence-corrected chi connectivity index (χ3v) is 7.53. The Bertz CT molecular complexity index is 1540. The Morgan fingerprint density at radius 1 is 1.03 bits per heavy atom. The minimum atomic E-state index is -0.926. The largest absolute Gasteiger partial charge is 0.467 e. The minimum Gasteiger partial charge on any atom is -0.467 e. The standard InChI is InChI=1S/C28H31N3O4/c1-18-10-9-15-23-24(18)20(16-29(23)2)17-30-22-14-8-7-13-21(22)26(32)31(28(30)34)25(27(33)35-3)19-11-5-4-6-12-19/h7-10,13-16,19,25H,4-6,11-12,17H2,1-3H3. The van der Waals surface area contributed by atoms with Crippen LogP contribution < -0.4 is 11.2 Å². The number of aromatic nitrogens is 3. The number of hydrogen-bond acceptors (Lipinski definition) is 4. The average Bonchev–Trinajstić information content (AvgIpc) is 3.20. The van der Waals surface area contributed by atoms with Crippen LogP contribution in [0.15, 0.2) is 58.3 Å². The molecule has 1 fully saturated rings. The molecule has 0 radical (unpaired) electrons. The van der Waals surface area contributed by atoms with E-state index in [4.69, 9.17) is 4.74 Å². The first kappa shape index (κ1) is 23.1. The number of benzene rings is 2. The Kier molecular flexibility index (Phi) is 6.09. The van der Waals surface area contributed by atoms with Crippen LogP contribution in [0.2, 0.25) is 0 Å². The summed E-state index contributed by atoms with van der Waals surface area (Å²) in [6.45, 7) is 2.35. The lowest BCUT2D eigenvalue weighted by molar-refractivity contribution is -0.147. The first-order chi connectivity index (χ1) is 16.9. The molecule has 2 aromatic heterocycles. The van der Waals surface area contributed by atoms with Gasteiger partial charge in [0.05, 0.1) is 24.6 Å². The molecule has 1 aliphatic rings. The van der Waals surface area contributed by atoms with E-state index in [-0.39, 0.29) is 5.92 Å². The fourth-order valence-corrected chi connectivity index (χ4v) is 5.84. The van der Waals surface area contributed by atoms with Crippen molar-refractivity contribution in [2.24, 2.45) is 13.0 Å². The third kappa shape index (κ3) is 3.89. The van der Waals surface area contributed by atoms with Crippen molar-refractivity contribution in [3.05, 3.63) is 80.6 Å². The molecule has 1 atom stereocenters. The second kappa shape index (κ2) is 9.21. The van der Waals surface area contributed by atoms with Gasteiger partial charge in [0.25, 0.3) is 5.56 Å². The summed E-state index contributed by atoms with van der Waals surface area (Å²) in [4.78, 5) is 40.7. The van der Waals surface area contributed by atoms with E-state index >= 15 is 0 Å². The number of fused-ring (bicyclic) bond motifs is 2. The first-order valence-electron chi connectivity index (χ1n) is 12.3. The van der Waals surface area contributed by atoms with Crippen LogP contribution in [0.3, 0.4) is 0 Å². The lowest BCUT2D eigenvalue weighted by Crippen LogP contribution is -2.47. The van der Waals surface area contributed by atoms with Crippen LogP contribution in [-0.2, 0) is 23.1 Å². The van der Waals surface area contributed by atoms with Gasteiger partial charge in [-0.05, 0) is 55.0 Å². The molecule has 1 saturated carbocycles. The Morgan fingerprint density at radius 2 is 1.74 bits per heavy atom. The Balaban J connectivity index is 1.76. The molecule has 1 unspecified atom stereocenters. The summed E-state index contributed by atoms with van der Waals surface area (Å²) in [5.41, 5.74) is 2.86. The van der Waals surface area contributed by atoms with E-state index in [1.807, 2.05) is 25.4 Å². The summed E-state index contributed by atoms with van der Waals surface area (Å²) in [5, 5.41) is 1.52. The zero-order valence-corrected chi connectivity index (χ0v) is 20.5. The normalized spacial score (nSPS) is 15.5. The molecule has 182 valence electrons. The molecule has 7 nitrogen and oxygen atoms in total. The summed E-state index contributed by atoms with van der Waals surface area (Å²) in [6, 6.07) is 12.4. The van der Waals surface area contributed by atoms with Crippen molar-refractivity contribution in [2.75, 3.05) is 7.11 Å². The van der Waals surface area contributed by atoms with Crippen molar-refractivity contribution < 1.29 is 9.53 Å². The van der Waals surface area contributed by atoms with E-state index in [0.717, 1.165) is 54.1 Å². The number of hydrogen-bond donors (Lipinski definition) is 0. The number of carbonyl (C=O) groups excluding carboxylic acids is 1. The highest BCUT2D eigenvalue weighted by Gasteiger charge is 2.35. The monoisotopic (exact) mass is 473 g/mol. The van der Waals surface area contributed by atoms with Crippen LogP contribution in [0.4, 0.5) is 0 Å². The molecule has 2 heterocycles. The average molecular weight is 474 g/mol. The predicted octanol–water partition coefficient (Wildman–Crippen LogP) is 4.31. The van der Waals surface area contributed by atoms with Gasteiger partial charge in [-0.25, -0.2) is 14.2 Å². The maximum Gasteiger partial charge on any atom is 0.332 e. The minimum absolute atomic E-state index is 0.101. The van der Waals surface area contributed by atoms with Crippen LogP contribution >= 0.6 is 0 Å². The van der Waals surface area contributed by atoms with E-state index in [0.29, 0.717) is 17.4 Å². The van der Waals surface area contributed by atoms with Crippen molar-refractivity contribution in [2.45, 2.75) is 51.6 Å². The second-order valence-electron chi connectivity index (χ2n) is 9.66. The molecular formula is C28H31N3O4. The van der Waals surface area contributed by atoms with Gasteiger partial charge in [0.15, 0.2) is 0 Å². The summed E-state index contributed by atoms with van der Waals surface area (Å²) in [7, 11) is 3.31. The molecule has 2 aromatic carbocycles. The fraction of sp³-hybridized carbons (Fsp3) is 0.393. The van der Waals surface area contributed by atoms with E-state index in [2.05, 4.69) is 23.6 Å². The van der Waals surface area contributed by atoms with Gasteiger partial charge in [-0.2, -0.15) is 0 Å². The predicted molar refractivity (Wildman–Crippen MR) is 137 cm³/mol. The van der Waals surface area contributed by atoms with Crippen LogP contribution in [-0.4, -0.2) is 26.8 Å². The topological polar surface area (TPSA) is 75.2 Å². The van der Waals surface area contributed by atoms with E-state index in [1.54, 1.807) is 22.8 Å². The van der Waals surface area contributed by atoms with Crippen molar-refractivity contribution in [1.82, 2.24) is 13.7 Å². The van der Waals surface area contributed by atoms with Crippen molar-refractivity contribution in [3.63, 3.8) is 0 Å². The molecule has 7 heteroatoms. The van der Waals surface area contributed by atoms with Crippen LogP contribution in [0.25, 0.3) is 21.8 Å². The van der Waals surface area contributed by atoms with Gasteiger partial charge >= 0.3 is 11.7 Å². The highest BCUT2D eigenvalue weighted by atomic mass is 16.5. The number of rotatable bonds is 5. The van der Waals surface area contributed by atoms with Gasteiger partial charge in [0, 0.05) is 24.1 Å². The molecule has 1 aliphatic carbocycles. The summed E-state index contributed by atoms with van der Waals surface area (Å²) < 4.78 is 9.99. The highest BCUT2D eigenvalue weighted by molar-refractivity contribution is 5.87. The number of ether oxygens (including phenoxy) is 1.